The second-order valence-corrected chi connectivity index (χ2v) is 8.77. The van der Waals surface area contributed by atoms with Crippen molar-refractivity contribution in [2.24, 2.45) is 0 Å². The summed E-state index contributed by atoms with van der Waals surface area (Å²) < 4.78 is 1.67. The number of hydrogen-bond donors (Lipinski definition) is 3. The highest BCUT2D eigenvalue weighted by molar-refractivity contribution is 5.78. The Bertz CT molecular complexity index is 1290. The smallest absolute Gasteiger partial charge is 0.155 e. The number of fused-ring (bicyclic) bond motifs is 1. The summed E-state index contributed by atoms with van der Waals surface area (Å²) in [6.07, 6.45) is 6.34. The lowest BCUT2D eigenvalue weighted by atomic mass is 10.0. The quantitative estimate of drug-likeness (QED) is 0.409. The summed E-state index contributed by atoms with van der Waals surface area (Å²) >= 11 is 0. The topological polar surface area (TPSA) is 128 Å². The summed E-state index contributed by atoms with van der Waals surface area (Å²) in [6.45, 7) is 7.74. The number of aliphatic hydroxyl groups is 1. The van der Waals surface area contributed by atoms with Gasteiger partial charge in [0.15, 0.2) is 5.65 Å². The third kappa shape index (κ3) is 4.60. The minimum atomic E-state index is -0.727. The molecule has 4 aromatic rings. The molecular formula is C23H26N8O. The molecule has 9 heteroatoms. The van der Waals surface area contributed by atoms with Crippen LogP contribution in [0.5, 0.6) is 0 Å². The maximum Gasteiger partial charge on any atom is 0.155 e. The zero-order chi connectivity index (χ0) is 22.9. The van der Waals surface area contributed by atoms with Crippen molar-refractivity contribution in [3.05, 3.63) is 48.0 Å². The molecule has 0 atom stereocenters. The summed E-state index contributed by atoms with van der Waals surface area (Å²) in [6, 6.07) is 7.93. The van der Waals surface area contributed by atoms with Gasteiger partial charge >= 0.3 is 0 Å². The highest BCUT2D eigenvalue weighted by atomic mass is 16.3. The van der Waals surface area contributed by atoms with Crippen LogP contribution in [-0.2, 0) is 6.42 Å². The predicted octanol–water partition coefficient (Wildman–Crippen LogP) is 3.58. The number of nitrogens with zero attached hydrogens (tertiary/aromatic N) is 6. The molecular weight excluding hydrogens is 404 g/mol. The molecule has 4 heterocycles. The number of anilines is 1. The number of pyridine rings is 1. The number of imidazole rings is 1. The Morgan fingerprint density at radius 1 is 1.16 bits per heavy atom. The van der Waals surface area contributed by atoms with Crippen LogP contribution in [0.3, 0.4) is 0 Å². The molecule has 164 valence electrons. The molecule has 0 radical (unpaired) electrons. The van der Waals surface area contributed by atoms with E-state index in [1.54, 1.807) is 36.8 Å². The van der Waals surface area contributed by atoms with Gasteiger partial charge in [-0.1, -0.05) is 0 Å². The zero-order valence-electron chi connectivity index (χ0n) is 18.6. The van der Waals surface area contributed by atoms with Crippen LogP contribution in [0.4, 0.5) is 5.69 Å². The average Bonchev–Trinajstić information content (AvgIpc) is 3.38. The Balaban J connectivity index is 1.70. The van der Waals surface area contributed by atoms with Crippen LogP contribution in [0, 0.1) is 11.3 Å². The first-order valence-corrected chi connectivity index (χ1v) is 10.5. The number of hydrogen-bond acceptors (Lipinski definition) is 7. The first-order valence-electron chi connectivity index (χ1n) is 10.5. The zero-order valence-corrected chi connectivity index (χ0v) is 18.6. The Morgan fingerprint density at radius 2 is 1.97 bits per heavy atom. The van der Waals surface area contributed by atoms with Crippen LogP contribution in [-0.4, -0.2) is 46.5 Å². The summed E-state index contributed by atoms with van der Waals surface area (Å²) in [4.78, 5) is 9.02. The molecule has 3 N–H and O–H groups in total. The molecule has 0 saturated heterocycles. The summed E-state index contributed by atoms with van der Waals surface area (Å²) in [5.41, 5.74) is 5.28. The molecule has 0 aromatic carbocycles. The van der Waals surface area contributed by atoms with Crippen molar-refractivity contribution in [3.63, 3.8) is 0 Å². The summed E-state index contributed by atoms with van der Waals surface area (Å²) in [5, 5.41) is 34.4. The van der Waals surface area contributed by atoms with Crippen LogP contribution >= 0.6 is 0 Å². The number of rotatable bonds is 7. The molecule has 9 nitrogen and oxygen atoms in total. The van der Waals surface area contributed by atoms with E-state index in [4.69, 9.17) is 5.26 Å². The molecule has 0 aliphatic heterocycles. The first-order chi connectivity index (χ1) is 15.2. The van der Waals surface area contributed by atoms with Gasteiger partial charge in [0.25, 0.3) is 0 Å². The molecule has 0 spiro atoms. The average molecular weight is 431 g/mol. The second-order valence-electron chi connectivity index (χ2n) is 8.77. The highest BCUT2D eigenvalue weighted by Gasteiger charge is 2.17. The van der Waals surface area contributed by atoms with E-state index in [9.17, 15) is 5.11 Å². The van der Waals surface area contributed by atoms with Crippen molar-refractivity contribution in [3.8, 4) is 28.7 Å². The lowest BCUT2D eigenvalue weighted by Gasteiger charge is -2.15. The van der Waals surface area contributed by atoms with Gasteiger partial charge in [-0.25, -0.2) is 9.50 Å². The fourth-order valence-corrected chi connectivity index (χ4v) is 3.41. The van der Waals surface area contributed by atoms with E-state index in [0.29, 0.717) is 29.7 Å². The Morgan fingerprint density at radius 3 is 2.69 bits per heavy atom. The molecule has 4 rings (SSSR count). The summed E-state index contributed by atoms with van der Waals surface area (Å²) in [5.74, 6) is 0. The van der Waals surface area contributed by atoms with Crippen LogP contribution in [0.2, 0.25) is 0 Å². The molecule has 0 amide bonds. The third-order valence-electron chi connectivity index (χ3n) is 5.01. The van der Waals surface area contributed by atoms with Gasteiger partial charge in [-0.05, 0) is 52.7 Å². The largest absolute Gasteiger partial charge is 0.390 e. The fraction of sp³-hybridized carbons (Fsp3) is 0.348. The van der Waals surface area contributed by atoms with Gasteiger partial charge in [-0.3, -0.25) is 10.1 Å². The lowest BCUT2D eigenvalue weighted by Crippen LogP contribution is -2.19. The van der Waals surface area contributed by atoms with Crippen LogP contribution in [0.1, 0.15) is 45.4 Å². The summed E-state index contributed by atoms with van der Waals surface area (Å²) in [7, 11) is 0. The van der Waals surface area contributed by atoms with E-state index in [1.807, 2.05) is 12.1 Å². The van der Waals surface area contributed by atoms with Crippen LogP contribution in [0.25, 0.3) is 28.3 Å². The van der Waals surface area contributed by atoms with Gasteiger partial charge in [0, 0.05) is 35.2 Å². The van der Waals surface area contributed by atoms with Crippen molar-refractivity contribution in [1.82, 2.24) is 29.8 Å². The van der Waals surface area contributed by atoms with Gasteiger partial charge in [0.05, 0.1) is 34.9 Å². The van der Waals surface area contributed by atoms with Crippen LogP contribution < -0.4 is 5.32 Å². The van der Waals surface area contributed by atoms with Crippen molar-refractivity contribution < 1.29 is 5.11 Å². The molecule has 0 aliphatic carbocycles. The lowest BCUT2D eigenvalue weighted by molar-refractivity contribution is 0.0711. The minimum Gasteiger partial charge on any atom is -0.390 e. The SMILES string of the molecule is CC(C)Nc1cc(-c2cnc3cc(C#N)cnn23)ncc1-c1cc(CCC(C)(C)O)[nH]n1. The number of H-pyrrole nitrogens is 1. The maximum atomic E-state index is 9.99. The number of aryl methyl sites for hydroxylation is 1. The third-order valence-corrected chi connectivity index (χ3v) is 5.01. The maximum absolute atomic E-state index is 9.99. The van der Waals surface area contributed by atoms with Gasteiger partial charge < -0.3 is 10.4 Å². The van der Waals surface area contributed by atoms with E-state index in [1.165, 1.54) is 6.20 Å². The number of nitriles is 1. The first kappa shape index (κ1) is 21.5. The number of aromatic amines is 1. The van der Waals surface area contributed by atoms with E-state index in [0.717, 1.165) is 28.3 Å². The van der Waals surface area contributed by atoms with E-state index in [-0.39, 0.29) is 6.04 Å². The molecule has 32 heavy (non-hydrogen) atoms. The molecule has 0 aliphatic rings. The van der Waals surface area contributed by atoms with Gasteiger partial charge in [-0.15, -0.1) is 0 Å². The van der Waals surface area contributed by atoms with Crippen molar-refractivity contribution in [2.45, 2.75) is 52.2 Å². The Labute approximate surface area is 186 Å². The molecule has 0 unspecified atom stereocenters. The normalized spacial score (nSPS) is 11.8. The van der Waals surface area contributed by atoms with Gasteiger partial charge in [0.1, 0.15) is 11.8 Å². The Hall–Kier alpha value is -3.77. The molecule has 0 saturated carbocycles. The van der Waals surface area contributed by atoms with Gasteiger partial charge in [-0.2, -0.15) is 15.5 Å². The predicted molar refractivity (Wildman–Crippen MR) is 122 cm³/mol. The standard InChI is InChI=1S/C23H26N8O/c1-14(2)28-18-9-20(21-13-26-22-7-15(10-24)11-27-31(21)22)25-12-17(18)19-8-16(29-30-19)5-6-23(3,4)32/h7-9,11-14,32H,5-6H2,1-4H3,(H,25,28)(H,29,30). The van der Waals surface area contributed by atoms with Gasteiger partial charge in [0.2, 0.25) is 0 Å². The molecule has 0 bridgehead atoms. The van der Waals surface area contributed by atoms with E-state index >= 15 is 0 Å². The Kier molecular flexibility index (Phi) is 5.63. The van der Waals surface area contributed by atoms with E-state index in [2.05, 4.69) is 50.5 Å². The monoisotopic (exact) mass is 430 g/mol. The second kappa shape index (κ2) is 8.40. The van der Waals surface area contributed by atoms with Crippen molar-refractivity contribution in [1.29, 1.82) is 5.26 Å². The van der Waals surface area contributed by atoms with Crippen LogP contribution in [0.15, 0.2) is 36.8 Å². The minimum absolute atomic E-state index is 0.205. The number of nitrogens with one attached hydrogen (secondary N) is 2. The van der Waals surface area contributed by atoms with E-state index < -0.39 is 5.60 Å². The van der Waals surface area contributed by atoms with Crippen molar-refractivity contribution >= 4 is 11.3 Å². The highest BCUT2D eigenvalue weighted by Crippen LogP contribution is 2.31. The fourth-order valence-electron chi connectivity index (χ4n) is 3.41. The molecule has 4 aromatic heterocycles. The van der Waals surface area contributed by atoms with Crippen molar-refractivity contribution in [2.75, 3.05) is 5.32 Å². The number of aromatic nitrogens is 6. The molecule has 0 fully saturated rings.